The van der Waals surface area contributed by atoms with Crippen LogP contribution in [0.3, 0.4) is 0 Å². The lowest BCUT2D eigenvalue weighted by atomic mass is 9.46. The topological polar surface area (TPSA) is 20.2 Å². The normalized spacial score (nSPS) is 44.7. The highest BCUT2D eigenvalue weighted by molar-refractivity contribution is 5.38. The second-order valence-electron chi connectivity index (χ2n) is 12.4. The van der Waals surface area contributed by atoms with Crippen molar-refractivity contribution in [3.63, 3.8) is 0 Å². The molecule has 0 spiro atoms. The highest BCUT2D eigenvalue weighted by Crippen LogP contribution is 2.71. The Kier molecular flexibility index (Phi) is 5.70. The van der Waals surface area contributed by atoms with Crippen LogP contribution in [0.4, 0.5) is 0 Å². The summed E-state index contributed by atoms with van der Waals surface area (Å²) in [6.07, 6.45) is 15.9. The smallest absolute Gasteiger partial charge is 0.0543 e. The highest BCUT2D eigenvalue weighted by Gasteiger charge is 2.61. The van der Waals surface area contributed by atoms with Gasteiger partial charge < -0.3 is 5.11 Å². The first-order chi connectivity index (χ1) is 14.0. The van der Waals surface area contributed by atoms with E-state index in [0.29, 0.717) is 34.0 Å². The van der Waals surface area contributed by atoms with E-state index in [1.54, 1.807) is 0 Å². The van der Waals surface area contributed by atoms with E-state index in [4.69, 9.17) is 0 Å². The van der Waals surface area contributed by atoms with E-state index in [1.807, 2.05) is 11.1 Å². The number of allylic oxidation sites excluding steroid dienone is 5. The second kappa shape index (κ2) is 7.65. The molecule has 2 saturated carbocycles. The summed E-state index contributed by atoms with van der Waals surface area (Å²) in [4.78, 5) is 0. The van der Waals surface area contributed by atoms with Crippen LogP contribution >= 0.6 is 0 Å². The summed E-state index contributed by atoms with van der Waals surface area (Å²) in [5, 5.41) is 10.3. The minimum atomic E-state index is -0.0567. The minimum Gasteiger partial charge on any atom is -0.393 e. The summed E-state index contributed by atoms with van der Waals surface area (Å²) in [6.45, 7) is 19.0. The third kappa shape index (κ3) is 3.21. The first-order valence-corrected chi connectivity index (χ1v) is 12.8. The van der Waals surface area contributed by atoms with Crippen LogP contribution in [0, 0.1) is 39.9 Å². The van der Waals surface area contributed by atoms with Crippen molar-refractivity contribution in [2.75, 3.05) is 0 Å². The highest BCUT2D eigenvalue weighted by atomic mass is 16.3. The second-order valence-corrected chi connectivity index (χ2v) is 12.4. The summed E-state index contributed by atoms with van der Waals surface area (Å²) < 4.78 is 0. The lowest BCUT2D eigenvalue weighted by Gasteiger charge is -2.58. The minimum absolute atomic E-state index is 0.0567. The number of rotatable bonds is 4. The zero-order valence-electron chi connectivity index (χ0n) is 20.6. The molecule has 7 atom stereocenters. The molecule has 0 radical (unpaired) electrons. The zero-order valence-corrected chi connectivity index (χ0v) is 20.6. The van der Waals surface area contributed by atoms with E-state index in [2.05, 4.69) is 60.3 Å². The van der Waals surface area contributed by atoms with E-state index in [9.17, 15) is 5.11 Å². The molecule has 0 aromatic rings. The molecule has 0 heterocycles. The Morgan fingerprint density at radius 3 is 2.43 bits per heavy atom. The molecule has 0 amide bonds. The average molecular weight is 411 g/mol. The van der Waals surface area contributed by atoms with Crippen LogP contribution in [0.1, 0.15) is 99.3 Å². The largest absolute Gasteiger partial charge is 0.393 e. The van der Waals surface area contributed by atoms with Gasteiger partial charge in [0, 0.05) is 0 Å². The SMILES string of the molecule is C=C(/C=C/[C@@H](C)[C@H]1CC[C@@]2(C)C3=C(CC[C@]12C)[C@@]1(C)CC[C@H](O)CC1CC3)C(C)C. The number of aliphatic hydroxyl groups excluding tert-OH is 1. The first kappa shape index (κ1) is 22.4. The molecule has 1 N–H and O–H groups in total. The van der Waals surface area contributed by atoms with Crippen LogP contribution < -0.4 is 0 Å². The van der Waals surface area contributed by atoms with Gasteiger partial charge in [-0.15, -0.1) is 0 Å². The van der Waals surface area contributed by atoms with E-state index in [1.165, 1.54) is 50.5 Å². The van der Waals surface area contributed by atoms with Crippen molar-refractivity contribution in [3.8, 4) is 0 Å². The van der Waals surface area contributed by atoms with E-state index >= 15 is 0 Å². The molecule has 0 aromatic carbocycles. The van der Waals surface area contributed by atoms with Gasteiger partial charge in [-0.1, -0.05) is 77.0 Å². The maximum absolute atomic E-state index is 10.3. The van der Waals surface area contributed by atoms with Gasteiger partial charge in [0.1, 0.15) is 0 Å². The molecule has 1 heteroatoms. The Bertz CT molecular complexity index is 756. The van der Waals surface area contributed by atoms with Gasteiger partial charge in [0.25, 0.3) is 0 Å². The lowest BCUT2D eigenvalue weighted by Crippen LogP contribution is -2.49. The predicted molar refractivity (Wildman–Crippen MR) is 128 cm³/mol. The molecule has 4 aliphatic rings. The molecule has 4 rings (SSSR count). The Balaban J connectivity index is 1.63. The molecule has 0 bridgehead atoms. The lowest BCUT2D eigenvalue weighted by molar-refractivity contribution is -0.00178. The summed E-state index contributed by atoms with van der Waals surface area (Å²) in [5.74, 6) is 2.62. The van der Waals surface area contributed by atoms with Crippen molar-refractivity contribution in [1.82, 2.24) is 0 Å². The zero-order chi connectivity index (χ0) is 21.9. The van der Waals surface area contributed by atoms with Crippen molar-refractivity contribution in [1.29, 1.82) is 0 Å². The van der Waals surface area contributed by atoms with Crippen molar-refractivity contribution in [2.45, 2.75) is 105 Å². The fourth-order valence-electron chi connectivity index (χ4n) is 8.31. The predicted octanol–water partition coefficient (Wildman–Crippen LogP) is 7.87. The molecule has 4 aliphatic carbocycles. The fraction of sp³-hybridized carbons (Fsp3) is 0.793. The van der Waals surface area contributed by atoms with Crippen molar-refractivity contribution in [2.24, 2.45) is 39.9 Å². The van der Waals surface area contributed by atoms with Crippen LogP contribution in [0.15, 0.2) is 35.5 Å². The molecule has 168 valence electrons. The third-order valence-electron chi connectivity index (χ3n) is 10.8. The van der Waals surface area contributed by atoms with Crippen molar-refractivity contribution in [3.05, 3.63) is 35.5 Å². The Morgan fingerprint density at radius 2 is 1.73 bits per heavy atom. The van der Waals surface area contributed by atoms with E-state index in [0.717, 1.165) is 18.8 Å². The number of aliphatic hydroxyl groups is 1. The Morgan fingerprint density at radius 1 is 1.00 bits per heavy atom. The van der Waals surface area contributed by atoms with Crippen LogP contribution in [-0.4, -0.2) is 11.2 Å². The summed E-state index contributed by atoms with van der Waals surface area (Å²) >= 11 is 0. The monoisotopic (exact) mass is 410 g/mol. The van der Waals surface area contributed by atoms with Crippen molar-refractivity contribution < 1.29 is 5.11 Å². The standard InChI is InChI=1S/C29H46O/c1-19(2)20(3)8-9-21(4)24-13-16-29(7)26-11-10-22-18-23(30)12-15-27(22,5)25(26)14-17-28(24,29)6/h8-9,19,21-24,30H,3,10-18H2,1-2,4-7H3/b9-8+/t21-,22?,23+,24-,27+,28-,29+/m1/s1. The average Bonchev–Trinajstić information content (AvgIpc) is 2.97. The maximum atomic E-state index is 10.3. The van der Waals surface area contributed by atoms with Crippen LogP contribution in [-0.2, 0) is 0 Å². The third-order valence-corrected chi connectivity index (χ3v) is 10.8. The molecule has 0 aromatic heterocycles. The van der Waals surface area contributed by atoms with Gasteiger partial charge in [-0.3, -0.25) is 0 Å². The first-order valence-electron chi connectivity index (χ1n) is 12.8. The summed E-state index contributed by atoms with van der Waals surface area (Å²) in [7, 11) is 0. The number of fused-ring (bicyclic) bond motifs is 4. The van der Waals surface area contributed by atoms with E-state index in [-0.39, 0.29) is 6.10 Å². The van der Waals surface area contributed by atoms with Gasteiger partial charge in [0.2, 0.25) is 0 Å². The fourth-order valence-corrected chi connectivity index (χ4v) is 8.31. The van der Waals surface area contributed by atoms with Crippen LogP contribution in [0.25, 0.3) is 0 Å². The van der Waals surface area contributed by atoms with Crippen molar-refractivity contribution >= 4 is 0 Å². The van der Waals surface area contributed by atoms with Gasteiger partial charge in [0.05, 0.1) is 6.10 Å². The van der Waals surface area contributed by atoms with Gasteiger partial charge >= 0.3 is 0 Å². The maximum Gasteiger partial charge on any atom is 0.0543 e. The number of hydrogen-bond donors (Lipinski definition) is 1. The van der Waals surface area contributed by atoms with Crippen LogP contribution in [0.5, 0.6) is 0 Å². The molecular weight excluding hydrogens is 364 g/mol. The number of hydrogen-bond acceptors (Lipinski definition) is 1. The van der Waals surface area contributed by atoms with Gasteiger partial charge in [-0.05, 0) is 97.7 Å². The van der Waals surface area contributed by atoms with E-state index < -0.39 is 0 Å². The summed E-state index contributed by atoms with van der Waals surface area (Å²) in [6, 6.07) is 0. The molecule has 1 nitrogen and oxygen atoms in total. The Labute approximate surface area is 186 Å². The summed E-state index contributed by atoms with van der Waals surface area (Å²) in [5.41, 5.74) is 6.08. The molecule has 0 saturated heterocycles. The molecule has 30 heavy (non-hydrogen) atoms. The molecule has 1 unspecified atom stereocenters. The van der Waals surface area contributed by atoms with Gasteiger partial charge in [-0.2, -0.15) is 0 Å². The molecule has 2 fully saturated rings. The van der Waals surface area contributed by atoms with Crippen LogP contribution in [0.2, 0.25) is 0 Å². The molecular formula is C29H46O. The Hall–Kier alpha value is -0.820. The van der Waals surface area contributed by atoms with Gasteiger partial charge in [0.15, 0.2) is 0 Å². The molecule has 0 aliphatic heterocycles. The van der Waals surface area contributed by atoms with Gasteiger partial charge in [-0.25, -0.2) is 0 Å². The quantitative estimate of drug-likeness (QED) is 0.369.